The molecule has 0 saturated heterocycles. The third-order valence-electron chi connectivity index (χ3n) is 5.72. The number of aromatic nitrogens is 2. The van der Waals surface area contributed by atoms with Crippen molar-refractivity contribution in [3.63, 3.8) is 0 Å². The summed E-state index contributed by atoms with van der Waals surface area (Å²) in [6, 6.07) is 21.4. The summed E-state index contributed by atoms with van der Waals surface area (Å²) in [6.07, 6.45) is -0.135. The van der Waals surface area contributed by atoms with E-state index in [1.54, 1.807) is 48.2 Å². The van der Waals surface area contributed by atoms with E-state index in [9.17, 15) is 19.2 Å². The van der Waals surface area contributed by atoms with Crippen molar-refractivity contribution in [3.8, 4) is 0 Å². The van der Waals surface area contributed by atoms with E-state index in [4.69, 9.17) is 0 Å². The highest BCUT2D eigenvalue weighted by Gasteiger charge is 2.34. The number of imide groups is 1. The number of rotatable bonds is 7. The molecule has 0 unspecified atom stereocenters. The van der Waals surface area contributed by atoms with E-state index in [-0.39, 0.29) is 13.0 Å². The van der Waals surface area contributed by atoms with E-state index in [1.165, 1.54) is 0 Å². The van der Waals surface area contributed by atoms with Crippen LogP contribution in [0.1, 0.15) is 43.1 Å². The van der Waals surface area contributed by atoms with Crippen molar-refractivity contribution in [3.05, 3.63) is 95.1 Å². The van der Waals surface area contributed by atoms with Crippen molar-refractivity contribution >= 4 is 46.4 Å². The molecular weight excluding hydrogens is 478 g/mol. The number of hydrazine groups is 1. The Morgan fingerprint density at radius 2 is 1.53 bits per heavy atom. The summed E-state index contributed by atoms with van der Waals surface area (Å²) in [7, 11) is 0. The van der Waals surface area contributed by atoms with Gasteiger partial charge in [0.05, 0.1) is 22.2 Å². The first-order valence-corrected chi connectivity index (χ1v) is 12.2. The number of carbonyl (C=O) groups is 4. The van der Waals surface area contributed by atoms with E-state index < -0.39 is 23.6 Å². The Hall–Kier alpha value is -4.44. The van der Waals surface area contributed by atoms with Crippen LogP contribution in [0.3, 0.4) is 0 Å². The van der Waals surface area contributed by atoms with Crippen molar-refractivity contribution in [2.45, 2.75) is 17.3 Å². The summed E-state index contributed by atoms with van der Waals surface area (Å²) < 4.78 is 0. The van der Waals surface area contributed by atoms with Crippen molar-refractivity contribution in [1.82, 2.24) is 25.7 Å². The SMILES string of the molecule is O=C(CCN1C(=O)c2ccccc2C1=O)NNC(=O)c1ccc(CSc2nc3ccccc3[nH]2)cc1. The molecule has 9 nitrogen and oxygen atoms in total. The average molecular weight is 500 g/mol. The Morgan fingerprint density at radius 3 is 2.22 bits per heavy atom. The molecule has 2 heterocycles. The smallest absolute Gasteiger partial charge is 0.269 e. The Kier molecular flexibility index (Phi) is 6.50. The van der Waals surface area contributed by atoms with Crippen LogP contribution in [0.5, 0.6) is 0 Å². The zero-order valence-electron chi connectivity index (χ0n) is 19.0. The topological polar surface area (TPSA) is 124 Å². The molecule has 1 aliphatic heterocycles. The van der Waals surface area contributed by atoms with E-state index in [0.29, 0.717) is 22.4 Å². The minimum Gasteiger partial charge on any atom is -0.333 e. The van der Waals surface area contributed by atoms with Gasteiger partial charge in [0.2, 0.25) is 5.91 Å². The molecule has 10 heteroatoms. The molecule has 4 amide bonds. The zero-order valence-corrected chi connectivity index (χ0v) is 19.8. The van der Waals surface area contributed by atoms with E-state index in [2.05, 4.69) is 20.8 Å². The number of para-hydroxylation sites is 2. The number of fused-ring (bicyclic) bond motifs is 2. The molecule has 0 fully saturated rings. The molecule has 4 aromatic rings. The second-order valence-corrected chi connectivity index (χ2v) is 9.07. The van der Waals surface area contributed by atoms with Crippen LogP contribution >= 0.6 is 11.8 Å². The fraction of sp³-hybridized carbons (Fsp3) is 0.115. The Labute approximate surface area is 210 Å². The van der Waals surface area contributed by atoms with Crippen LogP contribution < -0.4 is 10.9 Å². The number of hydrogen-bond acceptors (Lipinski definition) is 6. The first kappa shape index (κ1) is 23.3. The summed E-state index contributed by atoms with van der Waals surface area (Å²) in [5.74, 6) is -1.16. The molecule has 180 valence electrons. The number of carbonyl (C=O) groups excluding carboxylic acids is 4. The maximum Gasteiger partial charge on any atom is 0.269 e. The summed E-state index contributed by atoms with van der Waals surface area (Å²) in [5.41, 5.74) is 8.64. The number of thioether (sulfide) groups is 1. The molecular formula is C26H21N5O4S. The molecule has 0 saturated carbocycles. The molecule has 0 aliphatic carbocycles. The number of benzene rings is 3. The fourth-order valence-electron chi connectivity index (χ4n) is 3.82. The highest BCUT2D eigenvalue weighted by molar-refractivity contribution is 7.98. The minimum absolute atomic E-state index is 0.0777. The zero-order chi connectivity index (χ0) is 25.1. The average Bonchev–Trinajstić information content (AvgIpc) is 3.43. The van der Waals surface area contributed by atoms with Gasteiger partial charge in [-0.3, -0.25) is 34.9 Å². The molecule has 0 bridgehead atoms. The summed E-state index contributed by atoms with van der Waals surface area (Å²) in [5, 5.41) is 0.821. The summed E-state index contributed by atoms with van der Waals surface area (Å²) in [4.78, 5) is 58.1. The van der Waals surface area contributed by atoms with Crippen LogP contribution in [-0.2, 0) is 10.5 Å². The summed E-state index contributed by atoms with van der Waals surface area (Å²) in [6.45, 7) is -0.0777. The summed E-state index contributed by atoms with van der Waals surface area (Å²) >= 11 is 1.56. The van der Waals surface area contributed by atoms with Crippen LogP contribution in [0.4, 0.5) is 0 Å². The number of nitrogens with one attached hydrogen (secondary N) is 3. The maximum absolute atomic E-state index is 12.4. The Bertz CT molecular complexity index is 1410. The molecule has 5 rings (SSSR count). The monoisotopic (exact) mass is 499 g/mol. The molecule has 3 N–H and O–H groups in total. The lowest BCUT2D eigenvalue weighted by Crippen LogP contribution is -2.43. The quantitative estimate of drug-likeness (QED) is 0.204. The fourth-order valence-corrected chi connectivity index (χ4v) is 4.66. The molecule has 0 radical (unpaired) electrons. The van der Waals surface area contributed by atoms with E-state index in [0.717, 1.165) is 26.7 Å². The van der Waals surface area contributed by atoms with Crippen molar-refractivity contribution < 1.29 is 19.2 Å². The van der Waals surface area contributed by atoms with Gasteiger partial charge >= 0.3 is 0 Å². The van der Waals surface area contributed by atoms with Gasteiger partial charge in [-0.1, -0.05) is 48.2 Å². The third kappa shape index (κ3) is 4.84. The number of aromatic amines is 1. The molecule has 36 heavy (non-hydrogen) atoms. The lowest BCUT2D eigenvalue weighted by molar-refractivity contribution is -0.121. The lowest BCUT2D eigenvalue weighted by Gasteiger charge is -2.14. The lowest BCUT2D eigenvalue weighted by atomic mass is 10.1. The van der Waals surface area contributed by atoms with Gasteiger partial charge in [-0.15, -0.1) is 0 Å². The number of amides is 4. The van der Waals surface area contributed by atoms with Gasteiger partial charge in [-0.05, 0) is 42.0 Å². The van der Waals surface area contributed by atoms with Gasteiger partial charge in [0.15, 0.2) is 5.16 Å². The van der Waals surface area contributed by atoms with E-state index in [1.807, 2.05) is 36.4 Å². The van der Waals surface area contributed by atoms with Crippen LogP contribution in [0, 0.1) is 0 Å². The van der Waals surface area contributed by atoms with Gasteiger partial charge in [-0.2, -0.15) is 0 Å². The standard InChI is InChI=1S/C26H21N5O4S/c32-22(13-14-31-24(34)18-5-1-2-6-19(18)25(31)35)29-30-23(33)17-11-9-16(10-12-17)15-36-26-27-20-7-3-4-8-21(20)28-26/h1-12H,13-15H2,(H,27,28)(H,29,32)(H,30,33). The first-order valence-electron chi connectivity index (χ1n) is 11.2. The van der Waals surface area contributed by atoms with Gasteiger partial charge in [0.1, 0.15) is 0 Å². The normalized spacial score (nSPS) is 12.6. The molecule has 0 atom stereocenters. The highest BCUT2D eigenvalue weighted by Crippen LogP contribution is 2.24. The predicted molar refractivity (Wildman–Crippen MR) is 134 cm³/mol. The second kappa shape index (κ2) is 10.0. The van der Waals surface area contributed by atoms with Gasteiger partial charge in [0, 0.05) is 24.3 Å². The number of H-pyrrole nitrogens is 1. The maximum atomic E-state index is 12.4. The van der Waals surface area contributed by atoms with Crippen LogP contribution in [0.2, 0.25) is 0 Å². The minimum atomic E-state index is -0.515. The molecule has 3 aromatic carbocycles. The molecule has 0 spiro atoms. The van der Waals surface area contributed by atoms with Gasteiger partial charge < -0.3 is 4.98 Å². The van der Waals surface area contributed by atoms with Crippen molar-refractivity contribution in [2.24, 2.45) is 0 Å². The first-order chi connectivity index (χ1) is 17.5. The highest BCUT2D eigenvalue weighted by atomic mass is 32.2. The number of nitrogens with zero attached hydrogens (tertiary/aromatic N) is 2. The van der Waals surface area contributed by atoms with Crippen LogP contribution in [0.15, 0.2) is 78.0 Å². The van der Waals surface area contributed by atoms with Crippen molar-refractivity contribution in [2.75, 3.05) is 6.54 Å². The number of imidazole rings is 1. The Balaban J connectivity index is 1.08. The van der Waals surface area contributed by atoms with Gasteiger partial charge in [0.25, 0.3) is 17.7 Å². The molecule has 1 aromatic heterocycles. The van der Waals surface area contributed by atoms with Crippen molar-refractivity contribution in [1.29, 1.82) is 0 Å². The van der Waals surface area contributed by atoms with E-state index >= 15 is 0 Å². The largest absolute Gasteiger partial charge is 0.333 e. The predicted octanol–water partition coefficient (Wildman–Crippen LogP) is 3.30. The molecule has 1 aliphatic rings. The number of hydrogen-bond donors (Lipinski definition) is 3. The van der Waals surface area contributed by atoms with Gasteiger partial charge in [-0.25, -0.2) is 4.98 Å². The van der Waals surface area contributed by atoms with Crippen LogP contribution in [0.25, 0.3) is 11.0 Å². The Morgan fingerprint density at radius 1 is 0.861 bits per heavy atom. The van der Waals surface area contributed by atoms with Crippen LogP contribution in [-0.4, -0.2) is 45.0 Å². The third-order valence-corrected chi connectivity index (χ3v) is 6.66. The second-order valence-electron chi connectivity index (χ2n) is 8.10.